The molecule has 0 radical (unpaired) electrons. The molecule has 0 bridgehead atoms. The molecule has 0 aliphatic carbocycles. The number of ether oxygens (including phenoxy) is 1. The Morgan fingerprint density at radius 2 is 2.06 bits per heavy atom. The van der Waals surface area contributed by atoms with Gasteiger partial charge in [-0.15, -0.1) is 0 Å². The standard InChI is InChI=1S/C12H15FO3/c1-3-16-11(14)10(13)12(2,15)9-7-5-4-6-8-9/h4-8,10,15H,3H2,1-2H3/t10-,12+/m0/s1. The molecule has 0 unspecified atom stereocenters. The van der Waals surface area contributed by atoms with E-state index in [0.29, 0.717) is 5.56 Å². The molecule has 1 aromatic rings. The first-order valence-corrected chi connectivity index (χ1v) is 5.08. The number of halogens is 1. The van der Waals surface area contributed by atoms with Gasteiger partial charge in [0.25, 0.3) is 0 Å². The van der Waals surface area contributed by atoms with Gasteiger partial charge in [0, 0.05) is 0 Å². The van der Waals surface area contributed by atoms with Gasteiger partial charge in [-0.25, -0.2) is 9.18 Å². The molecule has 1 rings (SSSR count). The van der Waals surface area contributed by atoms with Gasteiger partial charge in [0.15, 0.2) is 0 Å². The van der Waals surface area contributed by atoms with Crippen LogP contribution in [0.1, 0.15) is 19.4 Å². The molecule has 88 valence electrons. The number of carbonyl (C=O) groups excluding carboxylic acids is 1. The summed E-state index contributed by atoms with van der Waals surface area (Å²) in [5, 5.41) is 9.98. The van der Waals surface area contributed by atoms with Crippen LogP contribution in [-0.2, 0) is 15.1 Å². The first kappa shape index (κ1) is 12.6. The van der Waals surface area contributed by atoms with Crippen LogP contribution in [0, 0.1) is 0 Å². The maximum atomic E-state index is 13.7. The number of aliphatic hydroxyl groups is 1. The highest BCUT2D eigenvalue weighted by atomic mass is 19.1. The Morgan fingerprint density at radius 3 is 2.56 bits per heavy atom. The van der Waals surface area contributed by atoms with E-state index >= 15 is 0 Å². The molecule has 1 aromatic carbocycles. The zero-order valence-corrected chi connectivity index (χ0v) is 9.31. The third-order valence-corrected chi connectivity index (χ3v) is 2.35. The fourth-order valence-corrected chi connectivity index (χ4v) is 1.37. The van der Waals surface area contributed by atoms with Crippen LogP contribution in [0.4, 0.5) is 4.39 Å². The predicted octanol–water partition coefficient (Wildman–Crippen LogP) is 1.80. The highest BCUT2D eigenvalue weighted by Gasteiger charge is 2.40. The third-order valence-electron chi connectivity index (χ3n) is 2.35. The minimum Gasteiger partial charge on any atom is -0.464 e. The van der Waals surface area contributed by atoms with E-state index in [2.05, 4.69) is 4.74 Å². The highest BCUT2D eigenvalue weighted by molar-refractivity contribution is 5.76. The normalized spacial score (nSPS) is 16.2. The number of hydrogen-bond donors (Lipinski definition) is 1. The molecule has 0 saturated carbocycles. The van der Waals surface area contributed by atoms with Crippen LogP contribution < -0.4 is 0 Å². The third kappa shape index (κ3) is 2.58. The number of rotatable bonds is 4. The van der Waals surface area contributed by atoms with Crippen LogP contribution in [0.5, 0.6) is 0 Å². The molecule has 0 spiro atoms. The lowest BCUT2D eigenvalue weighted by atomic mass is 9.91. The highest BCUT2D eigenvalue weighted by Crippen LogP contribution is 2.27. The number of esters is 1. The van der Waals surface area contributed by atoms with Crippen molar-refractivity contribution in [1.82, 2.24) is 0 Å². The van der Waals surface area contributed by atoms with Gasteiger partial charge in [-0.2, -0.15) is 0 Å². The van der Waals surface area contributed by atoms with Gasteiger partial charge >= 0.3 is 5.97 Å². The minimum atomic E-state index is -2.09. The SMILES string of the molecule is CCOC(=O)[C@H](F)[C@](C)(O)c1ccccc1. The molecule has 0 saturated heterocycles. The summed E-state index contributed by atoms with van der Waals surface area (Å²) in [5.74, 6) is -1.05. The van der Waals surface area contributed by atoms with Crippen molar-refractivity contribution in [3.63, 3.8) is 0 Å². The zero-order chi connectivity index (χ0) is 12.2. The average Bonchev–Trinajstić information content (AvgIpc) is 2.29. The van der Waals surface area contributed by atoms with Gasteiger partial charge in [-0.1, -0.05) is 30.3 Å². The van der Waals surface area contributed by atoms with E-state index in [1.165, 1.54) is 6.92 Å². The quantitative estimate of drug-likeness (QED) is 0.796. The summed E-state index contributed by atoms with van der Waals surface area (Å²) in [5.41, 5.74) is -1.52. The largest absolute Gasteiger partial charge is 0.464 e. The Kier molecular flexibility index (Phi) is 4.01. The monoisotopic (exact) mass is 226 g/mol. The van der Waals surface area contributed by atoms with Crippen molar-refractivity contribution in [2.24, 2.45) is 0 Å². The zero-order valence-electron chi connectivity index (χ0n) is 9.31. The van der Waals surface area contributed by atoms with E-state index in [1.807, 2.05) is 0 Å². The molecule has 0 aliphatic rings. The van der Waals surface area contributed by atoms with Gasteiger partial charge in [-0.05, 0) is 19.4 Å². The second-order valence-electron chi connectivity index (χ2n) is 3.63. The fourth-order valence-electron chi connectivity index (χ4n) is 1.37. The molecule has 1 N–H and O–H groups in total. The Balaban J connectivity index is 2.89. The van der Waals surface area contributed by atoms with Gasteiger partial charge in [0.05, 0.1) is 6.61 Å². The van der Waals surface area contributed by atoms with Crippen LogP contribution in [0.2, 0.25) is 0 Å². The van der Waals surface area contributed by atoms with E-state index in [1.54, 1.807) is 37.3 Å². The van der Waals surface area contributed by atoms with Gasteiger partial charge in [-0.3, -0.25) is 0 Å². The van der Waals surface area contributed by atoms with E-state index in [9.17, 15) is 14.3 Å². The van der Waals surface area contributed by atoms with Gasteiger partial charge in [0.2, 0.25) is 6.17 Å². The molecule has 2 atom stereocenters. The summed E-state index contributed by atoms with van der Waals surface area (Å²) in [7, 11) is 0. The molecule has 0 heterocycles. The lowest BCUT2D eigenvalue weighted by Crippen LogP contribution is -2.40. The Morgan fingerprint density at radius 1 is 1.50 bits per heavy atom. The van der Waals surface area contributed by atoms with Crippen LogP contribution in [-0.4, -0.2) is 23.9 Å². The van der Waals surface area contributed by atoms with Crippen molar-refractivity contribution < 1.29 is 19.0 Å². The van der Waals surface area contributed by atoms with E-state index < -0.39 is 17.7 Å². The Hall–Kier alpha value is -1.42. The summed E-state index contributed by atoms with van der Waals surface area (Å²) < 4.78 is 18.3. The van der Waals surface area contributed by atoms with Crippen molar-refractivity contribution >= 4 is 5.97 Å². The summed E-state index contributed by atoms with van der Waals surface area (Å²) >= 11 is 0. The van der Waals surface area contributed by atoms with Crippen molar-refractivity contribution in [2.45, 2.75) is 25.6 Å². The van der Waals surface area contributed by atoms with Gasteiger partial charge in [0.1, 0.15) is 5.60 Å². The van der Waals surface area contributed by atoms with Crippen molar-refractivity contribution in [1.29, 1.82) is 0 Å². The predicted molar refractivity (Wildman–Crippen MR) is 57.5 cm³/mol. The van der Waals surface area contributed by atoms with E-state index in [4.69, 9.17) is 0 Å². The number of alkyl halides is 1. The number of hydrogen-bond acceptors (Lipinski definition) is 3. The molecule has 0 fully saturated rings. The van der Waals surface area contributed by atoms with E-state index in [-0.39, 0.29) is 6.61 Å². The summed E-state index contributed by atoms with van der Waals surface area (Å²) in [6, 6.07) is 8.21. The summed E-state index contributed by atoms with van der Waals surface area (Å²) in [4.78, 5) is 11.2. The smallest absolute Gasteiger partial charge is 0.344 e. The maximum Gasteiger partial charge on any atom is 0.344 e. The molecule has 0 amide bonds. The lowest BCUT2D eigenvalue weighted by molar-refractivity contribution is -0.160. The second kappa shape index (κ2) is 5.07. The Bertz CT molecular complexity index is 349. The van der Waals surface area contributed by atoms with Crippen LogP contribution in [0.25, 0.3) is 0 Å². The Labute approximate surface area is 93.9 Å². The molecule has 4 heteroatoms. The lowest BCUT2D eigenvalue weighted by Gasteiger charge is -2.26. The second-order valence-corrected chi connectivity index (χ2v) is 3.63. The molecular formula is C12H15FO3. The number of carbonyl (C=O) groups is 1. The van der Waals surface area contributed by atoms with Gasteiger partial charge < -0.3 is 9.84 Å². The first-order chi connectivity index (χ1) is 7.50. The van der Waals surface area contributed by atoms with Crippen LogP contribution in [0.3, 0.4) is 0 Å². The molecule has 0 aromatic heterocycles. The molecule has 16 heavy (non-hydrogen) atoms. The van der Waals surface area contributed by atoms with Crippen molar-refractivity contribution in [2.75, 3.05) is 6.61 Å². The van der Waals surface area contributed by atoms with Crippen molar-refractivity contribution in [3.05, 3.63) is 35.9 Å². The summed E-state index contributed by atoms with van der Waals surface area (Å²) in [6.07, 6.45) is -2.09. The molecule has 0 aliphatic heterocycles. The first-order valence-electron chi connectivity index (χ1n) is 5.08. The van der Waals surface area contributed by atoms with Crippen molar-refractivity contribution in [3.8, 4) is 0 Å². The van der Waals surface area contributed by atoms with Crippen LogP contribution >= 0.6 is 0 Å². The molecule has 3 nitrogen and oxygen atoms in total. The van der Waals surface area contributed by atoms with E-state index in [0.717, 1.165) is 0 Å². The average molecular weight is 226 g/mol. The van der Waals surface area contributed by atoms with Crippen LogP contribution in [0.15, 0.2) is 30.3 Å². The maximum absolute atomic E-state index is 13.7. The molecular weight excluding hydrogens is 211 g/mol. The minimum absolute atomic E-state index is 0.0874. The fraction of sp³-hybridized carbons (Fsp3) is 0.417. The summed E-state index contributed by atoms with van der Waals surface area (Å²) in [6.45, 7) is 2.93. The topological polar surface area (TPSA) is 46.5 Å². The number of benzene rings is 1.